The van der Waals surface area contributed by atoms with Crippen molar-refractivity contribution in [2.75, 3.05) is 21.3 Å². The van der Waals surface area contributed by atoms with Crippen LogP contribution in [0.3, 0.4) is 0 Å². The average molecular weight is 492 g/mol. The quantitative estimate of drug-likeness (QED) is 0.542. The maximum Gasteiger partial charge on any atom is 0.337 e. The Morgan fingerprint density at radius 3 is 2.25 bits per heavy atom. The van der Waals surface area contributed by atoms with E-state index in [4.69, 9.17) is 18.9 Å². The second-order valence-electron chi connectivity index (χ2n) is 9.94. The Morgan fingerprint density at radius 1 is 0.972 bits per heavy atom. The van der Waals surface area contributed by atoms with E-state index in [1.54, 1.807) is 33.5 Å². The summed E-state index contributed by atoms with van der Waals surface area (Å²) < 4.78 is 22.5. The van der Waals surface area contributed by atoms with E-state index >= 15 is 0 Å². The van der Waals surface area contributed by atoms with Gasteiger partial charge in [-0.3, -0.25) is 4.79 Å². The van der Waals surface area contributed by atoms with Gasteiger partial charge in [0, 0.05) is 35.0 Å². The molecule has 0 fully saturated rings. The molecular weight excluding hydrogens is 458 g/mol. The molecule has 1 atom stereocenters. The summed E-state index contributed by atoms with van der Waals surface area (Å²) >= 11 is 0. The Morgan fingerprint density at radius 2 is 1.61 bits per heavy atom. The standard InChI is InChI=1S/C29H33NO6/c1-17-25(28(32)36-16-18-10-8-7-9-11-18)26(27-20(30-17)14-29(2,3)15-21(27)31)19-12-23(34-5)24(35-6)13-22(19)33-4/h7-13,26,30H,14-16H2,1-6H3/t26-/m0/s1. The van der Waals surface area contributed by atoms with Gasteiger partial charge in [-0.1, -0.05) is 44.2 Å². The molecule has 2 aromatic carbocycles. The Hall–Kier alpha value is -3.74. The molecule has 1 N–H and O–H groups in total. The van der Waals surface area contributed by atoms with Crippen LogP contribution in [0.15, 0.2) is 65.0 Å². The molecule has 7 heteroatoms. The minimum absolute atomic E-state index is 0.00329. The number of allylic oxidation sites excluding steroid dienone is 3. The van der Waals surface area contributed by atoms with Crippen LogP contribution in [-0.4, -0.2) is 33.1 Å². The van der Waals surface area contributed by atoms with E-state index in [0.717, 1.165) is 11.3 Å². The number of esters is 1. The van der Waals surface area contributed by atoms with Gasteiger partial charge in [0.05, 0.1) is 32.8 Å². The van der Waals surface area contributed by atoms with Crippen LogP contribution in [0.25, 0.3) is 0 Å². The molecule has 0 radical (unpaired) electrons. The monoisotopic (exact) mass is 491 g/mol. The summed E-state index contributed by atoms with van der Waals surface area (Å²) in [6.07, 6.45) is 1.06. The van der Waals surface area contributed by atoms with Crippen molar-refractivity contribution in [1.29, 1.82) is 0 Å². The molecule has 2 aromatic rings. The van der Waals surface area contributed by atoms with Gasteiger partial charge in [-0.05, 0) is 30.4 Å². The van der Waals surface area contributed by atoms with Gasteiger partial charge in [-0.15, -0.1) is 0 Å². The number of hydrogen-bond acceptors (Lipinski definition) is 7. The van der Waals surface area contributed by atoms with Gasteiger partial charge in [0.2, 0.25) is 0 Å². The highest BCUT2D eigenvalue weighted by atomic mass is 16.5. The van der Waals surface area contributed by atoms with Crippen molar-refractivity contribution in [2.24, 2.45) is 5.41 Å². The lowest BCUT2D eigenvalue weighted by molar-refractivity contribution is -0.140. The van der Waals surface area contributed by atoms with Crippen molar-refractivity contribution in [3.05, 3.63) is 76.1 Å². The second-order valence-corrected chi connectivity index (χ2v) is 9.94. The molecule has 7 nitrogen and oxygen atoms in total. The first-order valence-corrected chi connectivity index (χ1v) is 11.9. The highest BCUT2D eigenvalue weighted by Gasteiger charge is 2.44. The summed E-state index contributed by atoms with van der Waals surface area (Å²) in [5, 5.41) is 3.36. The molecular formula is C29H33NO6. The zero-order chi connectivity index (χ0) is 26.0. The Bertz CT molecular complexity index is 1240. The first-order chi connectivity index (χ1) is 17.2. The minimum Gasteiger partial charge on any atom is -0.496 e. The maximum atomic E-state index is 13.6. The van der Waals surface area contributed by atoms with E-state index in [0.29, 0.717) is 52.5 Å². The summed E-state index contributed by atoms with van der Waals surface area (Å²) in [5.74, 6) is 0.290. The molecule has 4 rings (SSSR count). The van der Waals surface area contributed by atoms with Crippen LogP contribution in [0.5, 0.6) is 17.2 Å². The first kappa shape index (κ1) is 25.4. The second kappa shape index (κ2) is 10.1. The third-order valence-corrected chi connectivity index (χ3v) is 6.72. The van der Waals surface area contributed by atoms with E-state index in [1.165, 1.54) is 0 Å². The molecule has 190 valence electrons. The number of nitrogens with one attached hydrogen (secondary N) is 1. The normalized spacial score (nSPS) is 18.8. The van der Waals surface area contributed by atoms with Crippen molar-refractivity contribution in [1.82, 2.24) is 5.32 Å². The number of benzene rings is 2. The maximum absolute atomic E-state index is 13.6. The first-order valence-electron chi connectivity index (χ1n) is 11.9. The number of ketones is 1. The number of ether oxygens (including phenoxy) is 4. The van der Waals surface area contributed by atoms with Crippen LogP contribution >= 0.6 is 0 Å². The van der Waals surface area contributed by atoms with Gasteiger partial charge in [-0.2, -0.15) is 0 Å². The molecule has 0 spiro atoms. The largest absolute Gasteiger partial charge is 0.496 e. The molecule has 0 aromatic heterocycles. The van der Waals surface area contributed by atoms with Crippen LogP contribution < -0.4 is 19.5 Å². The van der Waals surface area contributed by atoms with Gasteiger partial charge < -0.3 is 24.3 Å². The smallest absolute Gasteiger partial charge is 0.337 e. The van der Waals surface area contributed by atoms with Crippen molar-refractivity contribution >= 4 is 11.8 Å². The van der Waals surface area contributed by atoms with E-state index < -0.39 is 11.9 Å². The number of carbonyl (C=O) groups excluding carboxylic acids is 2. The summed E-state index contributed by atoms with van der Waals surface area (Å²) in [7, 11) is 4.65. The number of rotatable bonds is 7. The molecule has 0 unspecified atom stereocenters. The number of methoxy groups -OCH3 is 3. The Labute approximate surface area is 212 Å². The SMILES string of the molecule is COc1cc(OC)c([C@H]2C(C(=O)OCc3ccccc3)=C(C)NC3=C2C(=O)CC(C)(C)C3)cc1OC. The fourth-order valence-electron chi connectivity index (χ4n) is 5.10. The number of dihydropyridines is 1. The van der Waals surface area contributed by atoms with Crippen molar-refractivity contribution < 1.29 is 28.5 Å². The van der Waals surface area contributed by atoms with Gasteiger partial charge in [0.25, 0.3) is 0 Å². The van der Waals surface area contributed by atoms with Crippen LogP contribution in [0.1, 0.15) is 50.7 Å². The summed E-state index contributed by atoms with van der Waals surface area (Å²) in [6, 6.07) is 13.0. The fraction of sp³-hybridized carbons (Fsp3) is 0.379. The molecule has 36 heavy (non-hydrogen) atoms. The predicted molar refractivity (Wildman–Crippen MR) is 136 cm³/mol. The number of hydrogen-bond donors (Lipinski definition) is 1. The van der Waals surface area contributed by atoms with Gasteiger partial charge in [0.15, 0.2) is 17.3 Å². The van der Waals surface area contributed by atoms with Gasteiger partial charge >= 0.3 is 5.97 Å². The molecule has 0 saturated heterocycles. The van der Waals surface area contributed by atoms with E-state index in [2.05, 4.69) is 19.2 Å². The summed E-state index contributed by atoms with van der Waals surface area (Å²) in [4.78, 5) is 27.2. The molecule has 0 amide bonds. The third-order valence-electron chi connectivity index (χ3n) is 6.72. The van der Waals surface area contributed by atoms with Crippen molar-refractivity contribution in [2.45, 2.75) is 46.1 Å². The molecule has 0 bridgehead atoms. The molecule has 1 aliphatic heterocycles. The van der Waals surface area contributed by atoms with Crippen LogP contribution in [0.2, 0.25) is 0 Å². The lowest BCUT2D eigenvalue weighted by Crippen LogP contribution is -2.38. The number of carbonyl (C=O) groups is 2. The number of Topliss-reactive ketones (excluding diaryl/α,β-unsaturated/α-hetero) is 1. The van der Waals surface area contributed by atoms with Crippen molar-refractivity contribution in [3.8, 4) is 17.2 Å². The topological polar surface area (TPSA) is 83.1 Å². The lowest BCUT2D eigenvalue weighted by atomic mass is 9.68. The van der Waals surface area contributed by atoms with Crippen LogP contribution in [0.4, 0.5) is 0 Å². The summed E-state index contributed by atoms with van der Waals surface area (Å²) in [6.45, 7) is 6.12. The predicted octanol–water partition coefficient (Wildman–Crippen LogP) is 5.06. The van der Waals surface area contributed by atoms with Crippen LogP contribution in [-0.2, 0) is 20.9 Å². The lowest BCUT2D eigenvalue weighted by Gasteiger charge is -2.39. The third kappa shape index (κ3) is 4.83. The van der Waals surface area contributed by atoms with Gasteiger partial charge in [0.1, 0.15) is 12.4 Å². The molecule has 2 aliphatic rings. The van der Waals surface area contributed by atoms with E-state index in [1.807, 2.05) is 37.3 Å². The highest BCUT2D eigenvalue weighted by Crippen LogP contribution is 2.50. The van der Waals surface area contributed by atoms with E-state index in [9.17, 15) is 9.59 Å². The zero-order valence-electron chi connectivity index (χ0n) is 21.7. The highest BCUT2D eigenvalue weighted by molar-refractivity contribution is 6.04. The molecule has 1 heterocycles. The fourth-order valence-corrected chi connectivity index (χ4v) is 5.10. The zero-order valence-corrected chi connectivity index (χ0v) is 21.7. The van der Waals surface area contributed by atoms with Crippen molar-refractivity contribution in [3.63, 3.8) is 0 Å². The Balaban J connectivity index is 1.85. The molecule has 0 saturated carbocycles. The van der Waals surface area contributed by atoms with Crippen LogP contribution in [0, 0.1) is 5.41 Å². The average Bonchev–Trinajstić information content (AvgIpc) is 2.85. The van der Waals surface area contributed by atoms with Gasteiger partial charge in [-0.25, -0.2) is 4.79 Å². The molecule has 1 aliphatic carbocycles. The Kier molecular flexibility index (Phi) is 7.11. The minimum atomic E-state index is -0.678. The van der Waals surface area contributed by atoms with E-state index in [-0.39, 0.29) is 17.8 Å². The summed E-state index contributed by atoms with van der Waals surface area (Å²) in [5.41, 5.74) is 3.75.